The molecule has 176 valence electrons. The Bertz CT molecular complexity index is 1300. The van der Waals surface area contributed by atoms with Crippen LogP contribution in [-0.4, -0.2) is 22.1 Å². The Morgan fingerprint density at radius 2 is 1.91 bits per heavy atom. The number of imidazole rings is 1. The summed E-state index contributed by atoms with van der Waals surface area (Å²) in [7, 11) is 0. The van der Waals surface area contributed by atoms with E-state index in [1.807, 2.05) is 36.4 Å². The van der Waals surface area contributed by atoms with Gasteiger partial charge in [0.15, 0.2) is 0 Å². The Kier molecular flexibility index (Phi) is 7.68. The third kappa shape index (κ3) is 5.68. The minimum atomic E-state index is -0.121. The summed E-state index contributed by atoms with van der Waals surface area (Å²) in [5.41, 5.74) is 5.03. The maximum absolute atomic E-state index is 12.6. The van der Waals surface area contributed by atoms with Crippen molar-refractivity contribution in [3.8, 4) is 5.75 Å². The van der Waals surface area contributed by atoms with Gasteiger partial charge in [-0.1, -0.05) is 60.1 Å². The van der Waals surface area contributed by atoms with Crippen molar-refractivity contribution >= 4 is 32.9 Å². The Labute approximate surface area is 209 Å². The number of aryl methyl sites for hydroxylation is 2. The number of fused-ring (bicyclic) bond motifs is 1. The van der Waals surface area contributed by atoms with Crippen LogP contribution in [0.25, 0.3) is 11.0 Å². The number of aromatic nitrogens is 2. The molecular weight excluding hydrogens is 490 g/mol. The van der Waals surface area contributed by atoms with E-state index >= 15 is 0 Å². The number of hydrogen-bond acceptors (Lipinski definition) is 3. The third-order valence-electron chi connectivity index (χ3n) is 5.80. The fourth-order valence-corrected chi connectivity index (χ4v) is 4.45. The van der Waals surface area contributed by atoms with Crippen LogP contribution < -0.4 is 10.1 Å². The standard InChI is InChI=1S/C28H30BrN3O2/c1-19(2)23-13-12-20(3)16-26(23)34-15-7-14-32-25-11-5-4-10-24(25)31-27(32)18-30-28(33)21-8-6-9-22(29)17-21/h4-6,8-13,16-17,19H,7,14-15,18H2,1-3H3,(H,30,33). The average molecular weight is 520 g/mol. The molecule has 1 amide bonds. The van der Waals surface area contributed by atoms with Crippen LogP contribution in [-0.2, 0) is 13.1 Å². The molecule has 4 rings (SSSR count). The first-order valence-electron chi connectivity index (χ1n) is 11.6. The molecule has 1 aromatic heterocycles. The minimum absolute atomic E-state index is 0.121. The maximum Gasteiger partial charge on any atom is 0.251 e. The molecule has 0 saturated heterocycles. The summed E-state index contributed by atoms with van der Waals surface area (Å²) in [6, 6.07) is 21.9. The lowest BCUT2D eigenvalue weighted by molar-refractivity contribution is 0.0949. The first-order chi connectivity index (χ1) is 16.4. The van der Waals surface area contributed by atoms with Gasteiger partial charge >= 0.3 is 0 Å². The Morgan fingerprint density at radius 3 is 2.71 bits per heavy atom. The fraction of sp³-hybridized carbons (Fsp3) is 0.286. The normalized spacial score (nSPS) is 11.2. The van der Waals surface area contributed by atoms with Crippen molar-refractivity contribution in [1.82, 2.24) is 14.9 Å². The Hall–Kier alpha value is -3.12. The minimum Gasteiger partial charge on any atom is -0.493 e. The van der Waals surface area contributed by atoms with Gasteiger partial charge in [0.1, 0.15) is 11.6 Å². The van der Waals surface area contributed by atoms with Gasteiger partial charge in [-0.25, -0.2) is 4.98 Å². The molecule has 6 heteroatoms. The summed E-state index contributed by atoms with van der Waals surface area (Å²) < 4.78 is 9.25. The lowest BCUT2D eigenvalue weighted by Gasteiger charge is -2.15. The second kappa shape index (κ2) is 10.9. The first kappa shape index (κ1) is 24.0. The summed E-state index contributed by atoms with van der Waals surface area (Å²) in [5.74, 6) is 2.09. The Balaban J connectivity index is 1.44. The molecule has 1 heterocycles. The topological polar surface area (TPSA) is 56.1 Å². The number of amides is 1. The number of carbonyl (C=O) groups is 1. The van der Waals surface area contributed by atoms with E-state index in [0.717, 1.165) is 40.0 Å². The van der Waals surface area contributed by atoms with Crippen molar-refractivity contribution in [2.75, 3.05) is 6.61 Å². The monoisotopic (exact) mass is 519 g/mol. The zero-order valence-electron chi connectivity index (χ0n) is 19.8. The molecular formula is C28H30BrN3O2. The van der Waals surface area contributed by atoms with Crippen LogP contribution in [0.1, 0.15) is 53.5 Å². The SMILES string of the molecule is Cc1ccc(C(C)C)c(OCCCn2c(CNC(=O)c3cccc(Br)c3)nc3ccccc32)c1. The molecule has 1 N–H and O–H groups in total. The molecule has 3 aromatic carbocycles. The van der Waals surface area contributed by atoms with E-state index in [4.69, 9.17) is 9.72 Å². The molecule has 0 aliphatic heterocycles. The van der Waals surface area contributed by atoms with Crippen LogP contribution in [0.2, 0.25) is 0 Å². The summed E-state index contributed by atoms with van der Waals surface area (Å²) >= 11 is 3.42. The van der Waals surface area contributed by atoms with Crippen molar-refractivity contribution in [2.24, 2.45) is 0 Å². The zero-order chi connectivity index (χ0) is 24.1. The lowest BCUT2D eigenvalue weighted by Crippen LogP contribution is -2.25. The molecule has 5 nitrogen and oxygen atoms in total. The van der Waals surface area contributed by atoms with Gasteiger partial charge in [-0.2, -0.15) is 0 Å². The number of hydrogen-bond donors (Lipinski definition) is 1. The molecule has 0 fully saturated rings. The van der Waals surface area contributed by atoms with E-state index in [1.165, 1.54) is 11.1 Å². The fourth-order valence-electron chi connectivity index (χ4n) is 4.05. The van der Waals surface area contributed by atoms with E-state index < -0.39 is 0 Å². The Morgan fingerprint density at radius 1 is 1.09 bits per heavy atom. The van der Waals surface area contributed by atoms with Gasteiger partial charge in [0, 0.05) is 16.6 Å². The number of rotatable bonds is 9. The van der Waals surface area contributed by atoms with Crippen LogP contribution >= 0.6 is 15.9 Å². The van der Waals surface area contributed by atoms with Crippen molar-refractivity contribution in [3.05, 3.63) is 93.7 Å². The number of nitrogens with one attached hydrogen (secondary N) is 1. The average Bonchev–Trinajstić information content (AvgIpc) is 3.17. The lowest BCUT2D eigenvalue weighted by atomic mass is 10.0. The number of para-hydroxylation sites is 2. The number of nitrogens with zero attached hydrogens (tertiary/aromatic N) is 2. The van der Waals surface area contributed by atoms with Gasteiger partial charge < -0.3 is 14.6 Å². The molecule has 0 radical (unpaired) electrons. The van der Waals surface area contributed by atoms with Gasteiger partial charge in [0.25, 0.3) is 5.91 Å². The van der Waals surface area contributed by atoms with E-state index in [9.17, 15) is 4.79 Å². The highest BCUT2D eigenvalue weighted by molar-refractivity contribution is 9.10. The molecule has 0 aliphatic carbocycles. The van der Waals surface area contributed by atoms with Gasteiger partial charge in [-0.05, 0) is 66.8 Å². The number of benzene rings is 3. The third-order valence-corrected chi connectivity index (χ3v) is 6.30. The summed E-state index contributed by atoms with van der Waals surface area (Å²) in [5, 5.41) is 3.01. The summed E-state index contributed by atoms with van der Waals surface area (Å²) in [6.45, 7) is 8.18. The van der Waals surface area contributed by atoms with Crippen LogP contribution in [0.5, 0.6) is 5.75 Å². The highest BCUT2D eigenvalue weighted by atomic mass is 79.9. The zero-order valence-corrected chi connectivity index (χ0v) is 21.4. The molecule has 0 saturated carbocycles. The van der Waals surface area contributed by atoms with Crippen molar-refractivity contribution < 1.29 is 9.53 Å². The second-order valence-electron chi connectivity index (χ2n) is 8.76. The van der Waals surface area contributed by atoms with Crippen LogP contribution in [0.15, 0.2) is 71.2 Å². The van der Waals surface area contributed by atoms with Gasteiger partial charge in [-0.15, -0.1) is 0 Å². The predicted molar refractivity (Wildman–Crippen MR) is 140 cm³/mol. The highest BCUT2D eigenvalue weighted by Gasteiger charge is 2.13. The summed E-state index contributed by atoms with van der Waals surface area (Å²) in [4.78, 5) is 17.4. The van der Waals surface area contributed by atoms with Crippen LogP contribution in [0.3, 0.4) is 0 Å². The molecule has 0 bridgehead atoms. The van der Waals surface area contributed by atoms with Gasteiger partial charge in [0.2, 0.25) is 0 Å². The van der Waals surface area contributed by atoms with Gasteiger partial charge in [0.05, 0.1) is 24.2 Å². The van der Waals surface area contributed by atoms with E-state index in [-0.39, 0.29) is 5.91 Å². The number of halogens is 1. The molecule has 0 unspecified atom stereocenters. The molecule has 0 spiro atoms. The molecule has 0 atom stereocenters. The van der Waals surface area contributed by atoms with E-state index in [0.29, 0.717) is 24.6 Å². The van der Waals surface area contributed by atoms with Crippen molar-refractivity contribution in [3.63, 3.8) is 0 Å². The summed E-state index contributed by atoms with van der Waals surface area (Å²) in [6.07, 6.45) is 0.832. The van der Waals surface area contributed by atoms with Crippen molar-refractivity contribution in [1.29, 1.82) is 0 Å². The molecule has 0 aliphatic rings. The molecule has 4 aromatic rings. The quantitative estimate of drug-likeness (QED) is 0.252. The van der Waals surface area contributed by atoms with E-state index in [2.05, 4.69) is 70.9 Å². The van der Waals surface area contributed by atoms with Crippen LogP contribution in [0.4, 0.5) is 0 Å². The smallest absolute Gasteiger partial charge is 0.251 e. The van der Waals surface area contributed by atoms with E-state index in [1.54, 1.807) is 6.07 Å². The first-order valence-corrected chi connectivity index (χ1v) is 12.4. The maximum atomic E-state index is 12.6. The highest BCUT2D eigenvalue weighted by Crippen LogP contribution is 2.27. The van der Waals surface area contributed by atoms with Crippen molar-refractivity contribution in [2.45, 2.75) is 46.2 Å². The van der Waals surface area contributed by atoms with Crippen LogP contribution in [0, 0.1) is 6.92 Å². The predicted octanol–water partition coefficient (Wildman–Crippen LogP) is 6.63. The number of carbonyl (C=O) groups excluding carboxylic acids is 1. The van der Waals surface area contributed by atoms with Gasteiger partial charge in [-0.3, -0.25) is 4.79 Å². The number of ether oxygens (including phenoxy) is 1. The second-order valence-corrected chi connectivity index (χ2v) is 9.68. The molecule has 34 heavy (non-hydrogen) atoms. The largest absolute Gasteiger partial charge is 0.493 e.